The van der Waals surface area contributed by atoms with Gasteiger partial charge in [0.05, 0.1) is 5.92 Å². The first-order valence-corrected chi connectivity index (χ1v) is 12.5. The van der Waals surface area contributed by atoms with Gasteiger partial charge in [-0.25, -0.2) is 0 Å². The number of fused-ring (bicyclic) bond motifs is 1. The molecular formula is C26H39N3O3. The van der Waals surface area contributed by atoms with Crippen molar-refractivity contribution in [2.24, 2.45) is 11.8 Å². The van der Waals surface area contributed by atoms with Gasteiger partial charge in [0.1, 0.15) is 0 Å². The largest absolute Gasteiger partial charge is 0.385 e. The van der Waals surface area contributed by atoms with Gasteiger partial charge in [0.25, 0.3) is 0 Å². The Balaban J connectivity index is 1.40. The van der Waals surface area contributed by atoms with E-state index in [4.69, 9.17) is 4.74 Å². The normalized spacial score (nSPS) is 26.2. The second-order valence-corrected chi connectivity index (χ2v) is 9.79. The maximum absolute atomic E-state index is 13.6. The number of likely N-dealkylation sites (tertiary alicyclic amines) is 1. The molecule has 0 unspecified atom stereocenters. The smallest absolute Gasteiger partial charge is 0.228 e. The molecule has 1 aromatic rings. The zero-order valence-electron chi connectivity index (χ0n) is 19.6. The topological polar surface area (TPSA) is 53.1 Å². The fourth-order valence-electron chi connectivity index (χ4n) is 5.92. The highest BCUT2D eigenvalue weighted by Crippen LogP contribution is 2.32. The molecule has 3 atom stereocenters. The van der Waals surface area contributed by atoms with Gasteiger partial charge in [-0.15, -0.1) is 0 Å². The van der Waals surface area contributed by atoms with Crippen LogP contribution in [-0.2, 0) is 20.9 Å². The fourth-order valence-corrected chi connectivity index (χ4v) is 5.92. The molecule has 176 valence electrons. The second kappa shape index (κ2) is 11.3. The minimum atomic E-state index is -0.222. The van der Waals surface area contributed by atoms with Gasteiger partial charge >= 0.3 is 0 Å². The Kier molecular flexibility index (Phi) is 8.20. The number of hydrogen-bond acceptors (Lipinski definition) is 4. The Morgan fingerprint density at radius 2 is 1.94 bits per heavy atom. The summed E-state index contributed by atoms with van der Waals surface area (Å²) in [5.41, 5.74) is 1.12. The number of methoxy groups -OCH3 is 1. The van der Waals surface area contributed by atoms with Crippen molar-refractivity contribution in [1.82, 2.24) is 14.7 Å². The van der Waals surface area contributed by atoms with Crippen molar-refractivity contribution in [2.75, 3.05) is 46.4 Å². The van der Waals surface area contributed by atoms with Crippen molar-refractivity contribution in [2.45, 2.75) is 57.5 Å². The molecule has 0 saturated carbocycles. The van der Waals surface area contributed by atoms with Crippen molar-refractivity contribution in [1.29, 1.82) is 0 Å². The van der Waals surface area contributed by atoms with Crippen LogP contribution in [0.5, 0.6) is 0 Å². The van der Waals surface area contributed by atoms with Crippen LogP contribution in [0.25, 0.3) is 0 Å². The summed E-state index contributed by atoms with van der Waals surface area (Å²) in [6, 6.07) is 10.7. The molecule has 0 spiro atoms. The molecule has 6 heteroatoms. The maximum Gasteiger partial charge on any atom is 0.228 e. The van der Waals surface area contributed by atoms with Crippen LogP contribution in [0, 0.1) is 11.8 Å². The standard InChI is InChI=1S/C26H39N3O3/c1-32-16-8-15-28(19-22-11-7-14-27-13-6-5-12-24(22)27)26(31)23-17-25(30)29(20-23)18-21-9-3-2-4-10-21/h2-4,9-10,22-24H,5-8,11-20H2,1H3/t22-,23-,24+/m0/s1. The minimum Gasteiger partial charge on any atom is -0.385 e. The lowest BCUT2D eigenvalue weighted by Gasteiger charge is -2.46. The molecule has 0 aromatic heterocycles. The van der Waals surface area contributed by atoms with Crippen molar-refractivity contribution in [3.8, 4) is 0 Å². The Morgan fingerprint density at radius 3 is 2.75 bits per heavy atom. The van der Waals surface area contributed by atoms with Crippen LogP contribution < -0.4 is 0 Å². The zero-order valence-corrected chi connectivity index (χ0v) is 19.6. The van der Waals surface area contributed by atoms with Crippen molar-refractivity contribution < 1.29 is 14.3 Å². The van der Waals surface area contributed by atoms with Crippen LogP contribution in [-0.4, -0.2) is 79.0 Å². The van der Waals surface area contributed by atoms with Gasteiger partial charge in [-0.2, -0.15) is 0 Å². The first-order chi connectivity index (χ1) is 15.7. The van der Waals surface area contributed by atoms with E-state index >= 15 is 0 Å². The van der Waals surface area contributed by atoms with Crippen LogP contribution in [0.2, 0.25) is 0 Å². The van der Waals surface area contributed by atoms with E-state index < -0.39 is 0 Å². The van der Waals surface area contributed by atoms with Crippen LogP contribution in [0.3, 0.4) is 0 Å². The van der Waals surface area contributed by atoms with E-state index in [1.54, 1.807) is 7.11 Å². The quantitative estimate of drug-likeness (QED) is 0.553. The molecule has 0 radical (unpaired) electrons. The maximum atomic E-state index is 13.6. The number of carbonyl (C=O) groups is 2. The summed E-state index contributed by atoms with van der Waals surface area (Å²) >= 11 is 0. The van der Waals surface area contributed by atoms with Gasteiger partial charge in [-0.1, -0.05) is 36.8 Å². The van der Waals surface area contributed by atoms with Gasteiger partial charge in [0, 0.05) is 52.4 Å². The fraction of sp³-hybridized carbons (Fsp3) is 0.692. The summed E-state index contributed by atoms with van der Waals surface area (Å²) in [5, 5.41) is 0. The predicted octanol–water partition coefficient (Wildman–Crippen LogP) is 3.16. The van der Waals surface area contributed by atoms with Crippen LogP contribution in [0.15, 0.2) is 30.3 Å². The van der Waals surface area contributed by atoms with Crippen LogP contribution in [0.4, 0.5) is 0 Å². The molecule has 6 nitrogen and oxygen atoms in total. The molecular weight excluding hydrogens is 402 g/mol. The SMILES string of the molecule is COCCCN(C[C@@H]1CCCN2CCCC[C@H]12)C(=O)[C@H]1CC(=O)N(Cc2ccccc2)C1. The third-order valence-electron chi connectivity index (χ3n) is 7.55. The summed E-state index contributed by atoms with van der Waals surface area (Å²) < 4.78 is 5.27. The van der Waals surface area contributed by atoms with Gasteiger partial charge in [0.2, 0.25) is 11.8 Å². The molecule has 0 N–H and O–H groups in total. The van der Waals surface area contributed by atoms with Crippen molar-refractivity contribution in [3.63, 3.8) is 0 Å². The molecule has 3 aliphatic heterocycles. The Bertz CT molecular complexity index is 754. The molecule has 3 saturated heterocycles. The molecule has 3 aliphatic rings. The number of benzene rings is 1. The summed E-state index contributed by atoms with van der Waals surface area (Å²) in [5.74, 6) is 0.589. The molecule has 4 rings (SSSR count). The molecule has 32 heavy (non-hydrogen) atoms. The Hall–Kier alpha value is -1.92. The van der Waals surface area contributed by atoms with Gasteiger partial charge in [-0.3, -0.25) is 9.59 Å². The summed E-state index contributed by atoms with van der Waals surface area (Å²) in [7, 11) is 1.71. The number of hydrogen-bond donors (Lipinski definition) is 0. The van der Waals surface area contributed by atoms with E-state index in [1.165, 1.54) is 45.2 Å². The minimum absolute atomic E-state index is 0.0974. The molecule has 0 bridgehead atoms. The van der Waals surface area contributed by atoms with Gasteiger partial charge in [-0.05, 0) is 56.7 Å². The number of nitrogens with zero attached hydrogens (tertiary/aromatic N) is 3. The van der Waals surface area contributed by atoms with Gasteiger partial charge in [0.15, 0.2) is 0 Å². The third kappa shape index (κ3) is 5.70. The summed E-state index contributed by atoms with van der Waals surface area (Å²) in [6.07, 6.45) is 7.50. The highest BCUT2D eigenvalue weighted by atomic mass is 16.5. The highest BCUT2D eigenvalue weighted by Gasteiger charge is 2.39. The lowest BCUT2D eigenvalue weighted by molar-refractivity contribution is -0.137. The Labute approximate surface area is 192 Å². The van der Waals surface area contributed by atoms with Gasteiger partial charge < -0.3 is 19.4 Å². The van der Waals surface area contributed by atoms with E-state index in [0.29, 0.717) is 38.1 Å². The lowest BCUT2D eigenvalue weighted by Crippen LogP contribution is -2.52. The van der Waals surface area contributed by atoms with E-state index in [2.05, 4.69) is 9.80 Å². The predicted molar refractivity (Wildman–Crippen MR) is 125 cm³/mol. The van der Waals surface area contributed by atoms with E-state index in [-0.39, 0.29) is 17.7 Å². The van der Waals surface area contributed by atoms with E-state index in [0.717, 1.165) is 25.1 Å². The second-order valence-electron chi connectivity index (χ2n) is 9.79. The monoisotopic (exact) mass is 441 g/mol. The zero-order chi connectivity index (χ0) is 22.3. The molecule has 3 heterocycles. The number of ether oxygens (including phenoxy) is 1. The summed E-state index contributed by atoms with van der Waals surface area (Å²) in [4.78, 5) is 32.9. The molecule has 3 fully saturated rings. The average Bonchev–Trinajstić information content (AvgIpc) is 3.19. The van der Waals surface area contributed by atoms with Crippen LogP contribution >= 0.6 is 0 Å². The first kappa shape index (κ1) is 23.2. The average molecular weight is 442 g/mol. The number of piperidine rings is 2. The van der Waals surface area contributed by atoms with Crippen molar-refractivity contribution in [3.05, 3.63) is 35.9 Å². The number of rotatable bonds is 9. The highest BCUT2D eigenvalue weighted by molar-refractivity contribution is 5.89. The molecule has 2 amide bonds. The first-order valence-electron chi connectivity index (χ1n) is 12.5. The number of carbonyl (C=O) groups excluding carboxylic acids is 2. The molecule has 0 aliphatic carbocycles. The summed E-state index contributed by atoms with van der Waals surface area (Å²) in [6.45, 7) is 5.76. The Morgan fingerprint density at radius 1 is 1.12 bits per heavy atom. The molecule has 1 aromatic carbocycles. The number of amides is 2. The third-order valence-corrected chi connectivity index (χ3v) is 7.55. The van der Waals surface area contributed by atoms with Crippen molar-refractivity contribution >= 4 is 11.8 Å². The van der Waals surface area contributed by atoms with Crippen LogP contribution in [0.1, 0.15) is 50.5 Å². The lowest BCUT2D eigenvalue weighted by atomic mass is 9.83. The van der Waals surface area contributed by atoms with E-state index in [9.17, 15) is 9.59 Å². The van der Waals surface area contributed by atoms with E-state index in [1.807, 2.05) is 35.2 Å².